The van der Waals surface area contributed by atoms with E-state index < -0.39 is 8.07 Å². The Morgan fingerprint density at radius 2 is 1.67 bits per heavy atom. The normalized spacial score (nSPS) is 13.7. The smallest absolute Gasteiger partial charge is 0.216 e. The van der Waals surface area contributed by atoms with Crippen LogP contribution < -0.4 is 5.19 Å². The van der Waals surface area contributed by atoms with Crippen molar-refractivity contribution in [1.82, 2.24) is 15.0 Å². The third-order valence-electron chi connectivity index (χ3n) is 9.56. The molecule has 4 heterocycles. The van der Waals surface area contributed by atoms with Crippen molar-refractivity contribution in [3.63, 3.8) is 0 Å². The number of benzene rings is 2. The van der Waals surface area contributed by atoms with Gasteiger partial charge in [-0.1, -0.05) is 114 Å². The molecule has 269 valence electrons. The molecule has 1 aliphatic carbocycles. The summed E-state index contributed by atoms with van der Waals surface area (Å²) in [4.78, 5) is 14.1. The molecule has 0 spiro atoms. The zero-order chi connectivity index (χ0) is 35.5. The SMILES string of the molecule is CC(C)Cc1ccnc(-c2[c-]ccc3c2oc2nc(CC(C)(C)C)ccc23)c1.C[Si](C)(C)c1cnc(-c2[c-]cccc2)cc1CC1CCCC1.[Ir]. The summed E-state index contributed by atoms with van der Waals surface area (Å²) >= 11 is 0. The average Bonchev–Trinajstić information content (AvgIpc) is 3.71. The Bertz CT molecular complexity index is 2050. The third kappa shape index (κ3) is 9.91. The molecule has 51 heavy (non-hydrogen) atoms. The van der Waals surface area contributed by atoms with Gasteiger partial charge in [-0.3, -0.25) is 0 Å². The number of hydrogen-bond acceptors (Lipinski definition) is 4. The zero-order valence-electron chi connectivity index (χ0n) is 31.7. The fourth-order valence-corrected chi connectivity index (χ4v) is 8.86. The molecule has 0 unspecified atom stereocenters. The molecule has 0 amide bonds. The van der Waals surface area contributed by atoms with Crippen LogP contribution in [0, 0.1) is 29.4 Å². The standard InChI is InChI=1S/C25H27N2O.C20H26NSi.Ir/c1-16(2)13-17-11-12-26-22(14-17)21-8-6-7-19-20-10-9-18(15-25(3,4)5)27-24(20)28-23(19)21;1-22(2,3)20-15-21-19(17-11-5-4-6-12-17)14-18(20)13-16-9-7-8-10-16;/h6-7,9-12,14,16H,13,15H2,1-5H3;4-6,11,14-16H,7-10,13H2,1-3H3;/q2*-1;. The van der Waals surface area contributed by atoms with Crippen LogP contribution in [0.2, 0.25) is 19.6 Å². The predicted octanol–water partition coefficient (Wildman–Crippen LogP) is 11.5. The molecule has 0 bridgehead atoms. The minimum atomic E-state index is -1.35. The van der Waals surface area contributed by atoms with E-state index in [2.05, 4.69) is 120 Å². The van der Waals surface area contributed by atoms with Crippen molar-refractivity contribution in [1.29, 1.82) is 0 Å². The van der Waals surface area contributed by atoms with E-state index in [1.54, 1.807) is 10.8 Å². The molecule has 4 aromatic heterocycles. The summed E-state index contributed by atoms with van der Waals surface area (Å²) in [5.74, 6) is 1.48. The van der Waals surface area contributed by atoms with Crippen LogP contribution in [-0.4, -0.2) is 23.0 Å². The number of pyridine rings is 3. The van der Waals surface area contributed by atoms with E-state index in [4.69, 9.17) is 14.4 Å². The number of furan rings is 1. The average molecular weight is 872 g/mol. The molecule has 1 aliphatic rings. The fourth-order valence-electron chi connectivity index (χ4n) is 7.27. The molecular weight excluding hydrogens is 819 g/mol. The minimum Gasteiger partial charge on any atom is -0.486 e. The second-order valence-corrected chi connectivity index (χ2v) is 21.9. The first-order valence-corrected chi connectivity index (χ1v) is 22.0. The van der Waals surface area contributed by atoms with Gasteiger partial charge in [0.25, 0.3) is 0 Å². The van der Waals surface area contributed by atoms with Crippen molar-refractivity contribution >= 4 is 35.3 Å². The van der Waals surface area contributed by atoms with Crippen molar-refractivity contribution in [3.05, 3.63) is 108 Å². The van der Waals surface area contributed by atoms with E-state index in [1.807, 2.05) is 30.5 Å². The number of rotatable bonds is 8. The van der Waals surface area contributed by atoms with Crippen molar-refractivity contribution in [2.75, 3.05) is 0 Å². The molecule has 6 heteroatoms. The number of nitrogens with zero attached hydrogens (tertiary/aromatic N) is 3. The molecule has 6 aromatic rings. The second kappa shape index (κ2) is 16.5. The maximum Gasteiger partial charge on any atom is 0.216 e. The predicted molar refractivity (Wildman–Crippen MR) is 212 cm³/mol. The Balaban J connectivity index is 0.000000199. The molecule has 0 aliphatic heterocycles. The summed E-state index contributed by atoms with van der Waals surface area (Å²) in [5, 5.41) is 3.65. The van der Waals surface area contributed by atoms with Gasteiger partial charge >= 0.3 is 0 Å². The van der Waals surface area contributed by atoms with E-state index in [9.17, 15) is 0 Å². The Morgan fingerprint density at radius 1 is 0.882 bits per heavy atom. The van der Waals surface area contributed by atoms with Gasteiger partial charge in [-0.15, -0.1) is 54.1 Å². The maximum atomic E-state index is 6.23. The Labute approximate surface area is 320 Å². The molecule has 1 radical (unpaired) electrons. The van der Waals surface area contributed by atoms with Crippen LogP contribution in [0.5, 0.6) is 0 Å². The summed E-state index contributed by atoms with van der Waals surface area (Å²) in [6.07, 6.45) is 12.9. The van der Waals surface area contributed by atoms with Gasteiger partial charge in [0.15, 0.2) is 0 Å². The molecule has 1 saturated carbocycles. The number of hydrogen-bond donors (Lipinski definition) is 0. The van der Waals surface area contributed by atoms with Gasteiger partial charge in [-0.25, -0.2) is 4.98 Å². The van der Waals surface area contributed by atoms with Crippen LogP contribution in [0.15, 0.2) is 83.5 Å². The Kier molecular flexibility index (Phi) is 12.5. The van der Waals surface area contributed by atoms with E-state index >= 15 is 0 Å². The molecule has 0 N–H and O–H groups in total. The van der Waals surface area contributed by atoms with Crippen LogP contribution >= 0.6 is 0 Å². The molecule has 4 nitrogen and oxygen atoms in total. The van der Waals surface area contributed by atoms with Gasteiger partial charge in [0.1, 0.15) is 0 Å². The van der Waals surface area contributed by atoms with Crippen LogP contribution in [0.1, 0.15) is 77.1 Å². The topological polar surface area (TPSA) is 51.8 Å². The maximum absolute atomic E-state index is 6.23. The first-order valence-electron chi connectivity index (χ1n) is 18.5. The molecular formula is C45H53IrN3OSi-2. The second-order valence-electron chi connectivity index (χ2n) is 16.8. The minimum absolute atomic E-state index is 0. The molecule has 0 saturated heterocycles. The van der Waals surface area contributed by atoms with Crippen molar-refractivity contribution in [2.45, 2.75) is 99.2 Å². The van der Waals surface area contributed by atoms with Gasteiger partial charge in [0.05, 0.1) is 13.7 Å². The van der Waals surface area contributed by atoms with Gasteiger partial charge in [0.2, 0.25) is 5.71 Å². The zero-order valence-corrected chi connectivity index (χ0v) is 35.1. The Hall–Kier alpha value is -3.44. The summed E-state index contributed by atoms with van der Waals surface area (Å²) in [7, 11) is -1.35. The largest absolute Gasteiger partial charge is 0.486 e. The van der Waals surface area contributed by atoms with E-state index in [1.165, 1.54) is 37.7 Å². The first kappa shape index (κ1) is 38.8. The Morgan fingerprint density at radius 3 is 2.35 bits per heavy atom. The summed E-state index contributed by atoms with van der Waals surface area (Å²) in [6.45, 7) is 18.4. The third-order valence-corrected chi connectivity index (χ3v) is 11.6. The molecule has 2 aromatic carbocycles. The van der Waals surface area contributed by atoms with Crippen molar-refractivity contribution in [2.24, 2.45) is 17.3 Å². The molecule has 1 fully saturated rings. The summed E-state index contributed by atoms with van der Waals surface area (Å²) < 4.78 is 6.23. The van der Waals surface area contributed by atoms with Gasteiger partial charge in [-0.2, -0.15) is 0 Å². The van der Waals surface area contributed by atoms with Crippen LogP contribution in [-0.2, 0) is 39.4 Å². The van der Waals surface area contributed by atoms with Gasteiger partial charge in [-0.05, 0) is 71.3 Å². The summed E-state index contributed by atoms with van der Waals surface area (Å²) in [6, 6.07) is 29.6. The van der Waals surface area contributed by atoms with E-state index in [0.717, 1.165) is 63.3 Å². The van der Waals surface area contributed by atoms with Gasteiger partial charge in [0, 0.05) is 43.6 Å². The first-order chi connectivity index (χ1) is 23.8. The van der Waals surface area contributed by atoms with E-state index in [0.29, 0.717) is 11.6 Å². The monoisotopic (exact) mass is 872 g/mol. The van der Waals surface area contributed by atoms with Crippen LogP contribution in [0.25, 0.3) is 44.6 Å². The molecule has 0 atom stereocenters. The number of fused-ring (bicyclic) bond motifs is 3. The van der Waals surface area contributed by atoms with Crippen molar-refractivity contribution < 1.29 is 24.5 Å². The molecule has 7 rings (SSSR count). The summed E-state index contributed by atoms with van der Waals surface area (Å²) in [5.41, 5.74) is 9.57. The van der Waals surface area contributed by atoms with Crippen LogP contribution in [0.4, 0.5) is 0 Å². The van der Waals surface area contributed by atoms with E-state index in [-0.39, 0.29) is 25.5 Å². The number of aromatic nitrogens is 3. The quantitative estimate of drug-likeness (QED) is 0.113. The van der Waals surface area contributed by atoms with Crippen LogP contribution in [0.3, 0.4) is 0 Å². The fraction of sp³-hybridized carbons (Fsp3) is 0.400. The van der Waals surface area contributed by atoms with Crippen molar-refractivity contribution in [3.8, 4) is 22.5 Å². The van der Waals surface area contributed by atoms with Gasteiger partial charge < -0.3 is 14.4 Å².